The first-order valence-electron chi connectivity index (χ1n) is 3.85. The molecule has 7 heteroatoms. The summed E-state index contributed by atoms with van der Waals surface area (Å²) in [5.41, 5.74) is 4.50. The van der Waals surface area contributed by atoms with Crippen LogP contribution in [-0.2, 0) is 11.3 Å². The molecule has 0 aliphatic carbocycles. The number of nitrogens with one attached hydrogen (secondary N) is 1. The highest BCUT2D eigenvalue weighted by Crippen LogP contribution is 2.10. The number of aromatic amines is 1. The van der Waals surface area contributed by atoms with Gasteiger partial charge in [-0.2, -0.15) is 0 Å². The van der Waals surface area contributed by atoms with Gasteiger partial charge in [0.1, 0.15) is 10.3 Å². The summed E-state index contributed by atoms with van der Waals surface area (Å²) < 4.78 is 6.19. The molecule has 0 unspecified atom stereocenters. The van der Waals surface area contributed by atoms with Crippen molar-refractivity contribution < 1.29 is 4.74 Å². The topological polar surface area (TPSA) is 90.1 Å². The van der Waals surface area contributed by atoms with Crippen molar-refractivity contribution in [2.24, 2.45) is 0 Å². The SMILES string of the molecule is COCCn1c(N)c(Br)c(=O)[nH]c1=O. The van der Waals surface area contributed by atoms with Gasteiger partial charge in [-0.1, -0.05) is 0 Å². The highest BCUT2D eigenvalue weighted by molar-refractivity contribution is 9.10. The Balaban J connectivity index is 3.23. The molecule has 1 aromatic heterocycles. The molecular formula is C7H10BrN3O3. The fourth-order valence-corrected chi connectivity index (χ4v) is 1.28. The molecule has 0 aliphatic rings. The largest absolute Gasteiger partial charge is 0.384 e. The van der Waals surface area contributed by atoms with Crippen LogP contribution in [0.1, 0.15) is 0 Å². The highest BCUT2D eigenvalue weighted by Gasteiger charge is 2.08. The van der Waals surface area contributed by atoms with E-state index in [1.165, 1.54) is 11.7 Å². The van der Waals surface area contributed by atoms with E-state index in [1.54, 1.807) is 0 Å². The molecule has 78 valence electrons. The highest BCUT2D eigenvalue weighted by atomic mass is 79.9. The summed E-state index contributed by atoms with van der Waals surface area (Å²) in [6.07, 6.45) is 0. The molecule has 0 aliphatic heterocycles. The van der Waals surface area contributed by atoms with Gasteiger partial charge in [-0.15, -0.1) is 0 Å². The fraction of sp³-hybridized carbons (Fsp3) is 0.429. The molecule has 3 N–H and O–H groups in total. The second-order valence-corrected chi connectivity index (χ2v) is 3.40. The van der Waals surface area contributed by atoms with Crippen LogP contribution < -0.4 is 17.0 Å². The second-order valence-electron chi connectivity index (χ2n) is 2.60. The summed E-state index contributed by atoms with van der Waals surface area (Å²) >= 11 is 2.99. The third kappa shape index (κ3) is 2.05. The number of H-pyrrole nitrogens is 1. The zero-order valence-corrected chi connectivity index (χ0v) is 9.13. The van der Waals surface area contributed by atoms with Gasteiger partial charge in [0.2, 0.25) is 0 Å². The van der Waals surface area contributed by atoms with E-state index in [9.17, 15) is 9.59 Å². The molecule has 1 heterocycles. The van der Waals surface area contributed by atoms with Gasteiger partial charge >= 0.3 is 5.69 Å². The maximum atomic E-state index is 11.3. The monoisotopic (exact) mass is 263 g/mol. The van der Waals surface area contributed by atoms with Crippen molar-refractivity contribution in [3.05, 3.63) is 25.3 Å². The van der Waals surface area contributed by atoms with Crippen LogP contribution in [0.25, 0.3) is 0 Å². The number of rotatable bonds is 3. The number of nitrogen functional groups attached to an aromatic ring is 1. The fourth-order valence-electron chi connectivity index (χ4n) is 0.968. The molecule has 0 bridgehead atoms. The van der Waals surface area contributed by atoms with Crippen LogP contribution in [-0.4, -0.2) is 23.3 Å². The molecule has 6 nitrogen and oxygen atoms in total. The molecule has 0 amide bonds. The van der Waals surface area contributed by atoms with Gasteiger partial charge in [-0.05, 0) is 15.9 Å². The van der Waals surface area contributed by atoms with E-state index < -0.39 is 11.2 Å². The Hall–Kier alpha value is -1.08. The Morgan fingerprint density at radius 3 is 2.79 bits per heavy atom. The second kappa shape index (κ2) is 4.43. The molecule has 1 aromatic rings. The normalized spacial score (nSPS) is 10.4. The van der Waals surface area contributed by atoms with Crippen molar-refractivity contribution in [2.75, 3.05) is 19.5 Å². The van der Waals surface area contributed by atoms with Gasteiger partial charge in [0.15, 0.2) is 0 Å². The van der Waals surface area contributed by atoms with Crippen molar-refractivity contribution in [3.8, 4) is 0 Å². The minimum absolute atomic E-state index is 0.107. The lowest BCUT2D eigenvalue weighted by atomic mass is 10.5. The maximum absolute atomic E-state index is 11.3. The number of hydrogen-bond donors (Lipinski definition) is 2. The molecule has 0 aromatic carbocycles. The third-order valence-electron chi connectivity index (χ3n) is 1.70. The zero-order valence-electron chi connectivity index (χ0n) is 7.54. The molecular weight excluding hydrogens is 254 g/mol. The van der Waals surface area contributed by atoms with Crippen molar-refractivity contribution in [2.45, 2.75) is 6.54 Å². The van der Waals surface area contributed by atoms with Gasteiger partial charge < -0.3 is 10.5 Å². The average molecular weight is 264 g/mol. The first kappa shape index (κ1) is 11.0. The summed E-state index contributed by atoms with van der Waals surface area (Å²) in [4.78, 5) is 24.5. The summed E-state index contributed by atoms with van der Waals surface area (Å²) in [6.45, 7) is 0.652. The Kier molecular flexibility index (Phi) is 3.48. The Morgan fingerprint density at radius 1 is 1.57 bits per heavy atom. The summed E-state index contributed by atoms with van der Waals surface area (Å²) in [6, 6.07) is 0. The Morgan fingerprint density at radius 2 is 2.21 bits per heavy atom. The Labute approximate surface area is 87.8 Å². The van der Waals surface area contributed by atoms with E-state index in [-0.39, 0.29) is 10.3 Å². The number of methoxy groups -OCH3 is 1. The smallest absolute Gasteiger partial charge is 0.330 e. The number of nitrogens with zero attached hydrogens (tertiary/aromatic N) is 1. The zero-order chi connectivity index (χ0) is 10.7. The van der Waals surface area contributed by atoms with Gasteiger partial charge in [0, 0.05) is 7.11 Å². The summed E-state index contributed by atoms with van der Waals surface area (Å²) in [7, 11) is 1.52. The van der Waals surface area contributed by atoms with Gasteiger partial charge in [0.05, 0.1) is 13.2 Å². The molecule has 0 radical (unpaired) electrons. The minimum Gasteiger partial charge on any atom is -0.384 e. The van der Waals surface area contributed by atoms with Crippen LogP contribution in [0.4, 0.5) is 5.82 Å². The number of anilines is 1. The van der Waals surface area contributed by atoms with Crippen LogP contribution in [0.3, 0.4) is 0 Å². The predicted molar refractivity (Wildman–Crippen MR) is 55.3 cm³/mol. The van der Waals surface area contributed by atoms with Gasteiger partial charge in [-0.25, -0.2) is 4.79 Å². The molecule has 0 spiro atoms. The quantitative estimate of drug-likeness (QED) is 0.772. The molecule has 14 heavy (non-hydrogen) atoms. The van der Waals surface area contributed by atoms with Gasteiger partial charge in [0.25, 0.3) is 5.56 Å². The number of hydrogen-bond acceptors (Lipinski definition) is 4. The van der Waals surface area contributed by atoms with E-state index in [0.29, 0.717) is 13.2 Å². The lowest BCUT2D eigenvalue weighted by Crippen LogP contribution is -2.33. The van der Waals surface area contributed by atoms with Crippen molar-refractivity contribution in [3.63, 3.8) is 0 Å². The first-order chi connectivity index (χ1) is 6.57. The first-order valence-corrected chi connectivity index (χ1v) is 4.64. The maximum Gasteiger partial charge on any atom is 0.330 e. The van der Waals surface area contributed by atoms with E-state index in [4.69, 9.17) is 10.5 Å². The van der Waals surface area contributed by atoms with E-state index in [0.717, 1.165) is 0 Å². The Bertz CT molecular complexity index is 437. The number of nitrogens with two attached hydrogens (primary N) is 1. The van der Waals surface area contributed by atoms with Crippen LogP contribution >= 0.6 is 15.9 Å². The standard InChI is InChI=1S/C7H10BrN3O3/c1-14-3-2-11-5(9)4(8)6(12)10-7(11)13/h2-3,9H2,1H3,(H,10,12,13). The van der Waals surface area contributed by atoms with Crippen LogP contribution in [0.5, 0.6) is 0 Å². The number of aromatic nitrogens is 2. The van der Waals surface area contributed by atoms with Crippen molar-refractivity contribution in [1.82, 2.24) is 9.55 Å². The predicted octanol–water partition coefficient (Wildman–Crippen LogP) is -0.472. The third-order valence-corrected chi connectivity index (χ3v) is 2.47. The molecule has 0 atom stereocenters. The number of ether oxygens (including phenoxy) is 1. The lowest BCUT2D eigenvalue weighted by Gasteiger charge is -2.08. The van der Waals surface area contributed by atoms with E-state index >= 15 is 0 Å². The molecule has 0 saturated carbocycles. The van der Waals surface area contributed by atoms with Crippen LogP contribution in [0.2, 0.25) is 0 Å². The average Bonchev–Trinajstić information content (AvgIpc) is 2.14. The van der Waals surface area contributed by atoms with Crippen LogP contribution in [0, 0.1) is 0 Å². The lowest BCUT2D eigenvalue weighted by molar-refractivity contribution is 0.186. The van der Waals surface area contributed by atoms with E-state index in [1.807, 2.05) is 0 Å². The molecule has 0 saturated heterocycles. The van der Waals surface area contributed by atoms with Gasteiger partial charge in [-0.3, -0.25) is 14.3 Å². The minimum atomic E-state index is -0.534. The number of halogens is 1. The molecule has 0 fully saturated rings. The van der Waals surface area contributed by atoms with Crippen molar-refractivity contribution in [1.29, 1.82) is 0 Å². The van der Waals surface area contributed by atoms with Crippen LogP contribution in [0.15, 0.2) is 14.1 Å². The van der Waals surface area contributed by atoms with E-state index in [2.05, 4.69) is 20.9 Å². The van der Waals surface area contributed by atoms with Crippen molar-refractivity contribution >= 4 is 21.7 Å². The summed E-state index contributed by atoms with van der Waals surface area (Å²) in [5.74, 6) is 0.107. The summed E-state index contributed by atoms with van der Waals surface area (Å²) in [5, 5.41) is 0. The molecule has 1 rings (SSSR count).